The number of methoxy groups -OCH3 is 1. The quantitative estimate of drug-likeness (QED) is 0.741. The minimum atomic E-state index is 0.196. The molecule has 100 valence electrons. The highest BCUT2D eigenvalue weighted by Gasteiger charge is 2.22. The van der Waals surface area contributed by atoms with E-state index in [-0.39, 0.29) is 12.6 Å². The van der Waals surface area contributed by atoms with Gasteiger partial charge in [0.05, 0.1) is 6.61 Å². The molecule has 2 rings (SSSR count). The number of benzene rings is 1. The molecule has 3 heteroatoms. The van der Waals surface area contributed by atoms with E-state index in [9.17, 15) is 0 Å². The molecule has 0 aromatic heterocycles. The van der Waals surface area contributed by atoms with Gasteiger partial charge in [0.2, 0.25) is 0 Å². The van der Waals surface area contributed by atoms with E-state index in [2.05, 4.69) is 29.6 Å². The van der Waals surface area contributed by atoms with E-state index in [1.54, 1.807) is 7.11 Å². The van der Waals surface area contributed by atoms with Crippen LogP contribution in [0, 0.1) is 0 Å². The molecule has 0 spiro atoms. The smallest absolute Gasteiger partial charge is 0.0616 e. The van der Waals surface area contributed by atoms with Crippen molar-refractivity contribution in [1.82, 2.24) is 5.32 Å². The molecule has 0 saturated heterocycles. The van der Waals surface area contributed by atoms with Gasteiger partial charge in [-0.25, -0.2) is 0 Å². The molecule has 2 N–H and O–H groups in total. The zero-order valence-corrected chi connectivity index (χ0v) is 11.1. The van der Waals surface area contributed by atoms with Crippen LogP contribution in [-0.2, 0) is 11.3 Å². The lowest BCUT2D eigenvalue weighted by Gasteiger charge is -2.16. The van der Waals surface area contributed by atoms with E-state index < -0.39 is 0 Å². The molecule has 3 nitrogen and oxygen atoms in total. The first-order valence-electron chi connectivity index (χ1n) is 6.75. The number of rotatable bonds is 8. The Hall–Kier alpha value is -0.900. The molecule has 0 heterocycles. The van der Waals surface area contributed by atoms with Crippen LogP contribution in [0.15, 0.2) is 24.3 Å². The van der Waals surface area contributed by atoms with Gasteiger partial charge in [-0.05, 0) is 36.3 Å². The first kappa shape index (κ1) is 13.5. The summed E-state index contributed by atoms with van der Waals surface area (Å²) in [5.41, 5.74) is 2.76. The topological polar surface area (TPSA) is 41.5 Å². The van der Waals surface area contributed by atoms with Crippen LogP contribution in [0.4, 0.5) is 0 Å². The van der Waals surface area contributed by atoms with Crippen LogP contribution in [0.3, 0.4) is 0 Å². The molecule has 1 atom stereocenters. The van der Waals surface area contributed by atoms with Crippen LogP contribution in [0.1, 0.15) is 36.3 Å². The first-order valence-corrected chi connectivity index (χ1v) is 6.75. The molecule has 1 saturated carbocycles. The Kier molecular flexibility index (Phi) is 5.17. The third-order valence-electron chi connectivity index (χ3n) is 3.47. The number of hydrogen-bond donors (Lipinski definition) is 2. The van der Waals surface area contributed by atoms with Gasteiger partial charge in [0.15, 0.2) is 0 Å². The molecule has 0 aliphatic heterocycles. The van der Waals surface area contributed by atoms with E-state index >= 15 is 0 Å². The van der Waals surface area contributed by atoms with E-state index in [4.69, 9.17) is 9.84 Å². The Morgan fingerprint density at radius 2 is 2.06 bits per heavy atom. The summed E-state index contributed by atoms with van der Waals surface area (Å²) in [5, 5.41) is 12.4. The maximum Gasteiger partial charge on any atom is 0.0616 e. The monoisotopic (exact) mass is 249 g/mol. The van der Waals surface area contributed by atoms with Crippen molar-refractivity contribution in [2.45, 2.75) is 37.8 Å². The second-order valence-electron chi connectivity index (χ2n) is 5.06. The van der Waals surface area contributed by atoms with Crippen LogP contribution < -0.4 is 5.32 Å². The van der Waals surface area contributed by atoms with Crippen molar-refractivity contribution in [2.75, 3.05) is 20.3 Å². The predicted octanol–water partition coefficient (Wildman–Crippen LogP) is 2.05. The largest absolute Gasteiger partial charge is 0.396 e. The van der Waals surface area contributed by atoms with Gasteiger partial charge in [0, 0.05) is 26.3 Å². The summed E-state index contributed by atoms with van der Waals surface area (Å²) >= 11 is 0. The zero-order valence-electron chi connectivity index (χ0n) is 11.1. The summed E-state index contributed by atoms with van der Waals surface area (Å²) < 4.78 is 5.13. The Morgan fingerprint density at radius 1 is 1.33 bits per heavy atom. The molecular formula is C15H23NO2. The SMILES string of the molecule is COCC(CCO)NCc1ccc(C2CC2)cc1. The number of ether oxygens (including phenoxy) is 1. The molecule has 0 bridgehead atoms. The van der Waals surface area contributed by atoms with Crippen molar-refractivity contribution < 1.29 is 9.84 Å². The molecule has 1 unspecified atom stereocenters. The average Bonchev–Trinajstić information content (AvgIpc) is 3.21. The van der Waals surface area contributed by atoms with E-state index in [1.165, 1.54) is 24.0 Å². The molecule has 1 aliphatic rings. The molecule has 0 amide bonds. The maximum absolute atomic E-state index is 8.97. The van der Waals surface area contributed by atoms with E-state index in [1.807, 2.05) is 0 Å². The summed E-state index contributed by atoms with van der Waals surface area (Å²) in [6, 6.07) is 9.11. The summed E-state index contributed by atoms with van der Waals surface area (Å²) in [5.74, 6) is 0.822. The highest BCUT2D eigenvalue weighted by atomic mass is 16.5. The fourth-order valence-corrected chi connectivity index (χ4v) is 2.19. The third-order valence-corrected chi connectivity index (χ3v) is 3.47. The van der Waals surface area contributed by atoms with Gasteiger partial charge in [-0.15, -0.1) is 0 Å². The minimum absolute atomic E-state index is 0.196. The summed E-state index contributed by atoms with van der Waals surface area (Å²) in [6.45, 7) is 1.67. The lowest BCUT2D eigenvalue weighted by Crippen LogP contribution is -2.33. The van der Waals surface area contributed by atoms with Gasteiger partial charge in [0.1, 0.15) is 0 Å². The Morgan fingerprint density at radius 3 is 2.61 bits per heavy atom. The number of aliphatic hydroxyl groups excluding tert-OH is 1. The maximum atomic E-state index is 8.97. The van der Waals surface area contributed by atoms with Crippen LogP contribution in [-0.4, -0.2) is 31.5 Å². The fourth-order valence-electron chi connectivity index (χ4n) is 2.19. The van der Waals surface area contributed by atoms with Gasteiger partial charge in [-0.3, -0.25) is 0 Å². The molecule has 1 aromatic carbocycles. The minimum Gasteiger partial charge on any atom is -0.396 e. The molecule has 1 fully saturated rings. The fraction of sp³-hybridized carbons (Fsp3) is 0.600. The highest BCUT2D eigenvalue weighted by molar-refractivity contribution is 5.27. The summed E-state index contributed by atoms with van der Waals surface area (Å²) in [7, 11) is 1.69. The number of nitrogens with one attached hydrogen (secondary N) is 1. The average molecular weight is 249 g/mol. The Labute approximate surface area is 109 Å². The second-order valence-corrected chi connectivity index (χ2v) is 5.06. The standard InChI is InChI=1S/C15H23NO2/c1-18-11-15(8-9-17)16-10-12-2-4-13(5-3-12)14-6-7-14/h2-5,14-17H,6-11H2,1H3. The Balaban J connectivity index is 1.80. The second kappa shape index (κ2) is 6.88. The summed E-state index contributed by atoms with van der Waals surface area (Å²) in [4.78, 5) is 0. The van der Waals surface area contributed by atoms with Gasteiger partial charge in [-0.1, -0.05) is 24.3 Å². The van der Waals surface area contributed by atoms with Crippen molar-refractivity contribution in [1.29, 1.82) is 0 Å². The summed E-state index contributed by atoms with van der Waals surface area (Å²) in [6.07, 6.45) is 3.43. The number of hydrogen-bond acceptors (Lipinski definition) is 3. The van der Waals surface area contributed by atoms with E-state index in [0.717, 1.165) is 18.9 Å². The molecule has 1 aliphatic carbocycles. The van der Waals surface area contributed by atoms with Gasteiger partial charge in [-0.2, -0.15) is 0 Å². The normalized spacial score (nSPS) is 16.8. The molecular weight excluding hydrogens is 226 g/mol. The van der Waals surface area contributed by atoms with Crippen molar-refractivity contribution in [2.24, 2.45) is 0 Å². The van der Waals surface area contributed by atoms with Crippen molar-refractivity contribution in [3.63, 3.8) is 0 Å². The van der Waals surface area contributed by atoms with Crippen molar-refractivity contribution >= 4 is 0 Å². The lowest BCUT2D eigenvalue weighted by atomic mass is 10.1. The van der Waals surface area contributed by atoms with Crippen LogP contribution in [0.25, 0.3) is 0 Å². The Bertz CT molecular complexity index is 340. The van der Waals surface area contributed by atoms with Crippen molar-refractivity contribution in [3.8, 4) is 0 Å². The molecule has 18 heavy (non-hydrogen) atoms. The van der Waals surface area contributed by atoms with Gasteiger partial charge in [0.25, 0.3) is 0 Å². The lowest BCUT2D eigenvalue weighted by molar-refractivity contribution is 0.148. The zero-order chi connectivity index (χ0) is 12.8. The highest BCUT2D eigenvalue weighted by Crippen LogP contribution is 2.39. The van der Waals surface area contributed by atoms with Crippen LogP contribution in [0.5, 0.6) is 0 Å². The van der Waals surface area contributed by atoms with Gasteiger partial charge >= 0.3 is 0 Å². The van der Waals surface area contributed by atoms with E-state index in [0.29, 0.717) is 6.61 Å². The predicted molar refractivity (Wildman–Crippen MR) is 72.6 cm³/mol. The van der Waals surface area contributed by atoms with Gasteiger partial charge < -0.3 is 15.2 Å². The van der Waals surface area contributed by atoms with Crippen molar-refractivity contribution in [3.05, 3.63) is 35.4 Å². The molecule has 1 aromatic rings. The first-order chi connectivity index (χ1) is 8.83. The number of aliphatic hydroxyl groups is 1. The van der Waals surface area contributed by atoms with Crippen LogP contribution in [0.2, 0.25) is 0 Å². The third kappa shape index (κ3) is 4.09. The molecule has 0 radical (unpaired) electrons. The van der Waals surface area contributed by atoms with Crippen LogP contribution >= 0.6 is 0 Å².